The van der Waals surface area contributed by atoms with Crippen LogP contribution in [-0.4, -0.2) is 31.8 Å². The number of guanidine groups is 1. The summed E-state index contributed by atoms with van der Waals surface area (Å²) < 4.78 is 11.6. The monoisotopic (exact) mass is 331 g/mol. The molecule has 0 amide bonds. The number of rotatable bonds is 7. The van der Waals surface area contributed by atoms with Gasteiger partial charge in [-0.1, -0.05) is 6.07 Å². The topological polar surface area (TPSA) is 54.9 Å². The Morgan fingerprint density at radius 2 is 1.96 bits per heavy atom. The van der Waals surface area contributed by atoms with E-state index in [9.17, 15) is 0 Å². The molecule has 0 unspecified atom stereocenters. The van der Waals surface area contributed by atoms with Crippen LogP contribution >= 0.6 is 0 Å². The molecule has 2 N–H and O–H groups in total. The molecule has 1 aromatic rings. The van der Waals surface area contributed by atoms with Gasteiger partial charge in [-0.05, 0) is 63.1 Å². The average molecular weight is 331 g/mol. The van der Waals surface area contributed by atoms with Crippen LogP contribution in [0.15, 0.2) is 23.2 Å². The van der Waals surface area contributed by atoms with Crippen molar-refractivity contribution in [3.05, 3.63) is 23.8 Å². The smallest absolute Gasteiger partial charge is 0.191 e. The summed E-state index contributed by atoms with van der Waals surface area (Å²) in [6, 6.07) is 6.71. The third-order valence-electron chi connectivity index (χ3n) is 4.51. The normalized spacial score (nSPS) is 18.5. The standard InChI is InChI=1S/C19H29N3O2/c1-3-20-19(22-15-9-10-15)21-13-14-8-11-17(23-2)18(12-14)24-16-6-4-5-7-16/h8,11-12,15-16H,3-7,9-10,13H2,1-2H3,(H2,20,21,22). The van der Waals surface area contributed by atoms with E-state index in [4.69, 9.17) is 14.5 Å². The van der Waals surface area contributed by atoms with E-state index in [2.05, 4.69) is 29.7 Å². The van der Waals surface area contributed by atoms with Crippen molar-refractivity contribution in [2.75, 3.05) is 13.7 Å². The number of methoxy groups -OCH3 is 1. The second-order valence-corrected chi connectivity index (χ2v) is 6.62. The zero-order valence-corrected chi connectivity index (χ0v) is 14.8. The molecule has 0 atom stereocenters. The maximum Gasteiger partial charge on any atom is 0.191 e. The molecule has 0 heterocycles. The van der Waals surface area contributed by atoms with Crippen molar-refractivity contribution in [3.8, 4) is 11.5 Å². The highest BCUT2D eigenvalue weighted by molar-refractivity contribution is 5.80. The van der Waals surface area contributed by atoms with Crippen LogP contribution in [-0.2, 0) is 6.54 Å². The molecule has 5 nitrogen and oxygen atoms in total. The van der Waals surface area contributed by atoms with Crippen LogP contribution < -0.4 is 20.1 Å². The van der Waals surface area contributed by atoms with Gasteiger partial charge in [-0.3, -0.25) is 0 Å². The van der Waals surface area contributed by atoms with Gasteiger partial charge < -0.3 is 20.1 Å². The zero-order chi connectivity index (χ0) is 16.8. The van der Waals surface area contributed by atoms with Gasteiger partial charge in [0, 0.05) is 12.6 Å². The summed E-state index contributed by atoms with van der Waals surface area (Å²) in [4.78, 5) is 4.69. The molecule has 2 saturated carbocycles. The predicted molar refractivity (Wildman–Crippen MR) is 96.9 cm³/mol. The second kappa shape index (κ2) is 8.27. The van der Waals surface area contributed by atoms with E-state index in [0.29, 0.717) is 18.7 Å². The Hall–Kier alpha value is -1.91. The molecule has 0 aromatic heterocycles. The first-order valence-electron chi connectivity index (χ1n) is 9.17. The first kappa shape index (κ1) is 16.9. The van der Waals surface area contributed by atoms with Crippen LogP contribution in [0.3, 0.4) is 0 Å². The molecule has 0 radical (unpaired) electrons. The Labute approximate surface area is 144 Å². The summed E-state index contributed by atoms with van der Waals surface area (Å²) in [5, 5.41) is 6.74. The lowest BCUT2D eigenvalue weighted by Crippen LogP contribution is -2.38. The maximum atomic E-state index is 6.16. The number of ether oxygens (including phenoxy) is 2. The molecule has 5 heteroatoms. The molecular formula is C19H29N3O2. The summed E-state index contributed by atoms with van der Waals surface area (Å²) in [6.45, 7) is 3.59. The third-order valence-corrected chi connectivity index (χ3v) is 4.51. The molecule has 0 aliphatic heterocycles. The van der Waals surface area contributed by atoms with Gasteiger partial charge >= 0.3 is 0 Å². The van der Waals surface area contributed by atoms with Crippen molar-refractivity contribution in [1.82, 2.24) is 10.6 Å². The first-order chi connectivity index (χ1) is 11.8. The summed E-state index contributed by atoms with van der Waals surface area (Å²) >= 11 is 0. The largest absolute Gasteiger partial charge is 0.493 e. The van der Waals surface area contributed by atoms with Crippen LogP contribution in [0.4, 0.5) is 0 Å². The van der Waals surface area contributed by atoms with Gasteiger partial charge in [0.15, 0.2) is 17.5 Å². The van der Waals surface area contributed by atoms with E-state index in [1.54, 1.807) is 7.11 Å². The average Bonchev–Trinajstić information content (AvgIpc) is 3.26. The summed E-state index contributed by atoms with van der Waals surface area (Å²) in [6.07, 6.45) is 7.61. The molecule has 24 heavy (non-hydrogen) atoms. The number of hydrogen-bond acceptors (Lipinski definition) is 3. The van der Waals surface area contributed by atoms with E-state index in [-0.39, 0.29) is 0 Å². The fraction of sp³-hybridized carbons (Fsp3) is 0.632. The van der Waals surface area contributed by atoms with Gasteiger partial charge in [-0.15, -0.1) is 0 Å². The maximum absolute atomic E-state index is 6.16. The van der Waals surface area contributed by atoms with Crippen LogP contribution in [0.25, 0.3) is 0 Å². The summed E-state index contributed by atoms with van der Waals surface area (Å²) in [5.74, 6) is 2.55. The molecule has 132 valence electrons. The molecule has 2 aliphatic rings. The van der Waals surface area contributed by atoms with Crippen LogP contribution in [0, 0.1) is 0 Å². The quantitative estimate of drug-likeness (QED) is 0.595. The molecule has 2 fully saturated rings. The number of nitrogens with zero attached hydrogens (tertiary/aromatic N) is 1. The molecular weight excluding hydrogens is 302 g/mol. The molecule has 0 bridgehead atoms. The number of benzene rings is 1. The van der Waals surface area contributed by atoms with E-state index in [1.165, 1.54) is 25.7 Å². The van der Waals surface area contributed by atoms with Gasteiger partial charge in [-0.25, -0.2) is 4.99 Å². The minimum atomic E-state index is 0.325. The molecule has 2 aliphatic carbocycles. The van der Waals surface area contributed by atoms with Gasteiger partial charge in [0.05, 0.1) is 19.8 Å². The van der Waals surface area contributed by atoms with Crippen molar-refractivity contribution in [2.45, 2.75) is 64.1 Å². The highest BCUT2D eigenvalue weighted by Gasteiger charge is 2.22. The van der Waals surface area contributed by atoms with Crippen molar-refractivity contribution < 1.29 is 9.47 Å². The van der Waals surface area contributed by atoms with E-state index in [0.717, 1.165) is 42.4 Å². The number of hydrogen-bond donors (Lipinski definition) is 2. The highest BCUT2D eigenvalue weighted by atomic mass is 16.5. The third kappa shape index (κ3) is 4.79. The Balaban J connectivity index is 1.67. The van der Waals surface area contributed by atoms with Crippen LogP contribution in [0.1, 0.15) is 51.0 Å². The Kier molecular flexibility index (Phi) is 5.83. The number of nitrogens with one attached hydrogen (secondary N) is 2. The molecule has 0 saturated heterocycles. The van der Waals surface area contributed by atoms with Gasteiger partial charge in [0.25, 0.3) is 0 Å². The lowest BCUT2D eigenvalue weighted by atomic mass is 10.2. The van der Waals surface area contributed by atoms with Gasteiger partial charge in [0.1, 0.15) is 0 Å². The van der Waals surface area contributed by atoms with Crippen molar-refractivity contribution in [3.63, 3.8) is 0 Å². The summed E-state index contributed by atoms with van der Waals surface area (Å²) in [7, 11) is 1.69. The molecule has 3 rings (SSSR count). The lowest BCUT2D eigenvalue weighted by molar-refractivity contribution is 0.200. The lowest BCUT2D eigenvalue weighted by Gasteiger charge is -2.17. The fourth-order valence-corrected chi connectivity index (χ4v) is 3.01. The minimum Gasteiger partial charge on any atom is -0.493 e. The van der Waals surface area contributed by atoms with E-state index in [1.807, 2.05) is 6.07 Å². The van der Waals surface area contributed by atoms with Gasteiger partial charge in [-0.2, -0.15) is 0 Å². The van der Waals surface area contributed by atoms with Crippen molar-refractivity contribution >= 4 is 5.96 Å². The highest BCUT2D eigenvalue weighted by Crippen LogP contribution is 2.32. The summed E-state index contributed by atoms with van der Waals surface area (Å²) in [5.41, 5.74) is 1.14. The van der Waals surface area contributed by atoms with E-state index >= 15 is 0 Å². The predicted octanol–water partition coefficient (Wildman–Crippen LogP) is 3.23. The Morgan fingerprint density at radius 1 is 1.17 bits per heavy atom. The fourth-order valence-electron chi connectivity index (χ4n) is 3.01. The van der Waals surface area contributed by atoms with Crippen LogP contribution in [0.2, 0.25) is 0 Å². The van der Waals surface area contributed by atoms with Crippen molar-refractivity contribution in [2.24, 2.45) is 4.99 Å². The first-order valence-corrected chi connectivity index (χ1v) is 9.17. The van der Waals surface area contributed by atoms with Crippen LogP contribution in [0.5, 0.6) is 11.5 Å². The van der Waals surface area contributed by atoms with Crippen molar-refractivity contribution in [1.29, 1.82) is 0 Å². The molecule has 0 spiro atoms. The minimum absolute atomic E-state index is 0.325. The Bertz CT molecular complexity index is 564. The number of aliphatic imine (C=N–C) groups is 1. The SMILES string of the molecule is CCNC(=NCc1ccc(OC)c(OC2CCCC2)c1)NC1CC1. The molecule has 1 aromatic carbocycles. The van der Waals surface area contributed by atoms with E-state index < -0.39 is 0 Å². The zero-order valence-electron chi connectivity index (χ0n) is 14.8. The van der Waals surface area contributed by atoms with Gasteiger partial charge in [0.2, 0.25) is 0 Å². The Morgan fingerprint density at radius 3 is 2.62 bits per heavy atom. The second-order valence-electron chi connectivity index (χ2n) is 6.62.